The van der Waals surface area contributed by atoms with Gasteiger partial charge in [-0.2, -0.15) is 0 Å². The minimum atomic E-state index is -0.495. The fraction of sp³-hybridized carbons (Fsp3) is 0.494. The first-order valence-corrected chi connectivity index (χ1v) is 28.9. The van der Waals surface area contributed by atoms with Crippen LogP contribution in [0.2, 0.25) is 0 Å². The number of carbonyl (C=O) groups excluding carboxylic acids is 3. The molecule has 0 aliphatic rings. The van der Waals surface area contributed by atoms with Gasteiger partial charge in [0.25, 0.3) is 0 Å². The smallest absolute Gasteiger partial charge is 0.316 e. The first-order valence-electron chi connectivity index (χ1n) is 28.9. The number of esters is 3. The van der Waals surface area contributed by atoms with Gasteiger partial charge in [0.1, 0.15) is 46.0 Å². The molecule has 0 aromatic heterocycles. The number of hydrogen-bond acceptors (Lipinski definition) is 13. The fourth-order valence-corrected chi connectivity index (χ4v) is 6.47. The Hall–Kier alpha value is -7.67. The molecule has 510 valence electrons. The highest BCUT2D eigenvalue weighted by Crippen LogP contribution is 2.35. The molecular formula is C77H124O13. The quantitative estimate of drug-likeness (QED) is 0.0394. The topological polar surface area (TPSA) is 210 Å². The Morgan fingerprint density at radius 2 is 0.667 bits per heavy atom. The van der Waals surface area contributed by atoms with Crippen molar-refractivity contribution in [2.45, 2.75) is 231 Å². The molecule has 0 saturated carbocycles. The van der Waals surface area contributed by atoms with Gasteiger partial charge in [0.05, 0.1) is 23.4 Å². The standard InChI is InChI=1S/C13H18O3.2C12H16O3.C12H18O2.2C11H16O.6CH4/c1-5-13(3,4)12(15)16-10-6-7-11(14)9(2)8-10;1-4-12(2,3)11(14)15-10-7-5-9(13)6-8-10;1-4-12(2,3)11(14)15-10-7-5-6-9(13)8-10;1-5-12(2,3)9-6-7-10(13)11(8-9)14-4;1-4-11(2,3)9-5-7-10(12)8-6-9;1-4-11(2,3)9-6-5-7-10(12)8-9;;;;;;/h6-8,14H,5H2,1-4H3;2*5-8,13H,4H2,1-3H3;6-8,13H,5H2,1-4H3;2*5-8,12H,4H2,1-3H3;6*1H4. The van der Waals surface area contributed by atoms with E-state index in [1.807, 2.05) is 98.7 Å². The molecule has 6 aromatic rings. The molecule has 0 aliphatic carbocycles. The maximum atomic E-state index is 11.8. The zero-order valence-corrected chi connectivity index (χ0v) is 54.0. The highest BCUT2D eigenvalue weighted by molar-refractivity contribution is 5.79. The van der Waals surface area contributed by atoms with Crippen LogP contribution in [0.1, 0.15) is 230 Å². The summed E-state index contributed by atoms with van der Waals surface area (Å²) >= 11 is 0. The predicted molar refractivity (Wildman–Crippen MR) is 379 cm³/mol. The van der Waals surface area contributed by atoms with Crippen LogP contribution in [0.15, 0.2) is 133 Å². The Balaban J connectivity index is -0.000000233. The molecule has 0 spiro atoms. The Kier molecular flexibility index (Phi) is 44.0. The van der Waals surface area contributed by atoms with Crippen molar-refractivity contribution in [1.82, 2.24) is 0 Å². The van der Waals surface area contributed by atoms with Crippen LogP contribution in [0.25, 0.3) is 0 Å². The summed E-state index contributed by atoms with van der Waals surface area (Å²) in [4.78, 5) is 35.1. The maximum absolute atomic E-state index is 11.8. The van der Waals surface area contributed by atoms with E-state index in [0.29, 0.717) is 46.5 Å². The zero-order chi connectivity index (χ0) is 64.4. The second-order valence-corrected chi connectivity index (χ2v) is 24.5. The van der Waals surface area contributed by atoms with Gasteiger partial charge in [-0.05, 0) is 216 Å². The fourth-order valence-electron chi connectivity index (χ4n) is 6.47. The molecule has 6 N–H and O–H groups in total. The third-order valence-corrected chi connectivity index (χ3v) is 15.7. The minimum absolute atomic E-state index is 0. The van der Waals surface area contributed by atoms with Crippen LogP contribution in [0, 0.1) is 23.2 Å². The molecule has 0 fully saturated rings. The van der Waals surface area contributed by atoms with Crippen LogP contribution in [0.5, 0.6) is 57.5 Å². The molecule has 0 radical (unpaired) electrons. The van der Waals surface area contributed by atoms with E-state index in [1.54, 1.807) is 74.7 Å². The van der Waals surface area contributed by atoms with Gasteiger partial charge in [-0.25, -0.2) is 0 Å². The lowest BCUT2D eigenvalue weighted by molar-refractivity contribution is -0.144. The largest absolute Gasteiger partial charge is 0.508 e. The first kappa shape index (κ1) is 93.5. The number of methoxy groups -OCH3 is 1. The average Bonchev–Trinajstić information content (AvgIpc) is 2.25. The van der Waals surface area contributed by atoms with Gasteiger partial charge in [-0.3, -0.25) is 14.4 Å². The average molecular weight is 1260 g/mol. The number of benzene rings is 6. The number of phenolic OH excluding ortho intramolecular Hbond substituents is 6. The van der Waals surface area contributed by atoms with Crippen LogP contribution >= 0.6 is 0 Å². The van der Waals surface area contributed by atoms with Gasteiger partial charge < -0.3 is 49.6 Å². The summed E-state index contributed by atoms with van der Waals surface area (Å²) < 4.78 is 20.7. The van der Waals surface area contributed by atoms with Crippen molar-refractivity contribution in [2.75, 3.05) is 7.11 Å². The van der Waals surface area contributed by atoms with Gasteiger partial charge in [-0.15, -0.1) is 0 Å². The van der Waals surface area contributed by atoms with Gasteiger partial charge >= 0.3 is 17.9 Å². The van der Waals surface area contributed by atoms with E-state index in [0.717, 1.165) is 32.1 Å². The molecule has 13 heteroatoms. The minimum Gasteiger partial charge on any atom is -0.508 e. The molecule has 0 atom stereocenters. The van der Waals surface area contributed by atoms with Gasteiger partial charge in [0.15, 0.2) is 11.5 Å². The number of rotatable bonds is 16. The second kappa shape index (κ2) is 42.3. The molecule has 0 heterocycles. The highest BCUT2D eigenvalue weighted by atomic mass is 16.5. The normalized spacial score (nSPS) is 10.6. The number of aromatic hydroxyl groups is 6. The van der Waals surface area contributed by atoms with Crippen LogP contribution in [-0.2, 0) is 30.6 Å². The van der Waals surface area contributed by atoms with Gasteiger partial charge in [-0.1, -0.05) is 164 Å². The van der Waals surface area contributed by atoms with Gasteiger partial charge in [0, 0.05) is 6.07 Å². The molecule has 13 nitrogen and oxygen atoms in total. The zero-order valence-electron chi connectivity index (χ0n) is 54.0. The van der Waals surface area contributed by atoms with Gasteiger partial charge in [0.2, 0.25) is 0 Å². The van der Waals surface area contributed by atoms with Crippen molar-refractivity contribution < 1.29 is 64.0 Å². The summed E-state index contributed by atoms with van der Waals surface area (Å²) in [5, 5.41) is 55.4. The van der Waals surface area contributed by atoms with Crippen molar-refractivity contribution in [2.24, 2.45) is 16.2 Å². The van der Waals surface area contributed by atoms with Crippen LogP contribution in [0.4, 0.5) is 0 Å². The third kappa shape index (κ3) is 31.7. The summed E-state index contributed by atoms with van der Waals surface area (Å²) in [7, 11) is 1.57. The Bertz CT molecular complexity index is 2950. The number of ether oxygens (including phenoxy) is 4. The number of aryl methyl sites for hydroxylation is 1. The van der Waals surface area contributed by atoms with Crippen molar-refractivity contribution in [3.05, 3.63) is 156 Å². The van der Waals surface area contributed by atoms with E-state index in [1.165, 1.54) is 47.0 Å². The van der Waals surface area contributed by atoms with E-state index in [9.17, 15) is 34.8 Å². The SMILES string of the molecule is C.C.C.C.C.C.CCC(C)(C)C(=O)Oc1ccc(O)c(C)c1.CCC(C)(C)C(=O)Oc1ccc(O)cc1.CCC(C)(C)C(=O)Oc1cccc(O)c1.CCC(C)(C)c1ccc(O)c(OC)c1.CCC(C)(C)c1ccc(O)cc1.CCC(C)(C)c1cccc(O)c1. The Morgan fingerprint density at radius 3 is 1.03 bits per heavy atom. The number of carbonyl (C=O) groups is 3. The van der Waals surface area contributed by atoms with Crippen LogP contribution < -0.4 is 18.9 Å². The summed E-state index contributed by atoms with van der Waals surface area (Å²) in [6, 6.07) is 37.6. The monoisotopic (exact) mass is 1260 g/mol. The Labute approximate surface area is 546 Å². The summed E-state index contributed by atoms with van der Waals surface area (Å²) in [6.45, 7) is 38.3. The van der Waals surface area contributed by atoms with Crippen LogP contribution in [-0.4, -0.2) is 55.7 Å². The van der Waals surface area contributed by atoms with Crippen molar-refractivity contribution >= 4 is 17.9 Å². The van der Waals surface area contributed by atoms with E-state index in [4.69, 9.17) is 29.2 Å². The number of phenols is 6. The van der Waals surface area contributed by atoms with E-state index in [-0.39, 0.29) is 102 Å². The van der Waals surface area contributed by atoms with E-state index < -0.39 is 16.2 Å². The molecular weight excluding hydrogens is 1130 g/mol. The molecule has 0 amide bonds. The lowest BCUT2D eigenvalue weighted by atomic mass is 9.82. The van der Waals surface area contributed by atoms with E-state index >= 15 is 0 Å². The summed E-state index contributed by atoms with van der Waals surface area (Å²) in [5.41, 5.74) is 3.42. The molecule has 6 rings (SSSR count). The summed E-state index contributed by atoms with van der Waals surface area (Å²) in [6.07, 6.45) is 5.41. The molecule has 6 aromatic carbocycles. The molecule has 0 saturated heterocycles. The van der Waals surface area contributed by atoms with Crippen LogP contribution in [0.3, 0.4) is 0 Å². The third-order valence-electron chi connectivity index (χ3n) is 15.7. The van der Waals surface area contributed by atoms with Crippen molar-refractivity contribution in [3.8, 4) is 57.5 Å². The second-order valence-electron chi connectivity index (χ2n) is 24.5. The molecule has 0 bridgehead atoms. The Morgan fingerprint density at radius 1 is 0.344 bits per heavy atom. The maximum Gasteiger partial charge on any atom is 0.316 e. The lowest BCUT2D eigenvalue weighted by Crippen LogP contribution is -2.28. The summed E-state index contributed by atoms with van der Waals surface area (Å²) in [5.74, 6) is 2.41. The highest BCUT2D eigenvalue weighted by Gasteiger charge is 2.30. The first-order chi connectivity index (χ1) is 38.9. The molecule has 90 heavy (non-hydrogen) atoms. The number of hydrogen-bond donors (Lipinski definition) is 6. The predicted octanol–water partition coefficient (Wildman–Crippen LogP) is 21.6. The molecule has 0 aliphatic heterocycles. The van der Waals surface area contributed by atoms with E-state index in [2.05, 4.69) is 68.4 Å². The van der Waals surface area contributed by atoms with Crippen molar-refractivity contribution in [3.63, 3.8) is 0 Å². The molecule has 0 unspecified atom stereocenters. The lowest BCUT2D eigenvalue weighted by Gasteiger charge is -2.23. The van der Waals surface area contributed by atoms with Crippen molar-refractivity contribution in [1.29, 1.82) is 0 Å².